The van der Waals surface area contributed by atoms with E-state index in [9.17, 15) is 4.79 Å². The number of alkyl halides is 3. The molecule has 0 aliphatic carbocycles. The second-order valence-electron chi connectivity index (χ2n) is 3.54. The number of methoxy groups -OCH3 is 2. The predicted octanol–water partition coefficient (Wildman–Crippen LogP) is 2.18. The van der Waals surface area contributed by atoms with Gasteiger partial charge in [-0.3, -0.25) is 4.90 Å². The van der Waals surface area contributed by atoms with Gasteiger partial charge < -0.3 is 14.4 Å². The normalized spacial score (nSPS) is 23.6. The van der Waals surface area contributed by atoms with Gasteiger partial charge in [-0.2, -0.15) is 0 Å². The van der Waals surface area contributed by atoms with Crippen molar-refractivity contribution in [3.63, 3.8) is 0 Å². The standard InChI is InChI=1S/C9H15Br3N2O3/c1-16-5-3-13-7(10)9(11,12)14(8(13)15)4-6-17-2/h7H,3-6H2,1-2H3. The highest BCUT2D eigenvalue weighted by atomic mass is 79.9. The zero-order chi connectivity index (χ0) is 13.1. The van der Waals surface area contributed by atoms with Crippen molar-refractivity contribution in [3.05, 3.63) is 0 Å². The first-order valence-corrected chi connectivity index (χ1v) is 7.55. The number of urea groups is 1. The van der Waals surface area contributed by atoms with Crippen LogP contribution < -0.4 is 0 Å². The van der Waals surface area contributed by atoms with Crippen molar-refractivity contribution in [1.29, 1.82) is 0 Å². The van der Waals surface area contributed by atoms with Crippen LogP contribution in [-0.4, -0.2) is 64.7 Å². The SMILES string of the molecule is COCCN1C(=O)N(CCOC)C(Br)(Br)C1Br. The van der Waals surface area contributed by atoms with E-state index in [0.29, 0.717) is 26.3 Å². The molecule has 1 aliphatic heterocycles. The number of nitrogens with zero attached hydrogens (tertiary/aromatic N) is 2. The van der Waals surface area contributed by atoms with E-state index >= 15 is 0 Å². The number of halogens is 3. The number of rotatable bonds is 6. The van der Waals surface area contributed by atoms with E-state index < -0.39 is 3.36 Å². The molecule has 1 fully saturated rings. The van der Waals surface area contributed by atoms with Crippen LogP contribution in [0.5, 0.6) is 0 Å². The number of hydrogen-bond acceptors (Lipinski definition) is 3. The average molecular weight is 439 g/mol. The van der Waals surface area contributed by atoms with Gasteiger partial charge in [0.15, 0.2) is 3.36 Å². The Bertz CT molecular complexity index is 278. The molecular weight excluding hydrogens is 424 g/mol. The Kier molecular flexibility index (Phi) is 6.18. The van der Waals surface area contributed by atoms with Gasteiger partial charge in [0.05, 0.1) is 13.2 Å². The molecule has 0 aromatic carbocycles. The predicted molar refractivity (Wildman–Crippen MR) is 75.9 cm³/mol. The van der Waals surface area contributed by atoms with Gasteiger partial charge in [-0.05, 0) is 31.9 Å². The molecule has 0 aromatic heterocycles. The van der Waals surface area contributed by atoms with E-state index in [1.807, 2.05) is 0 Å². The molecule has 0 aromatic rings. The first-order chi connectivity index (χ1) is 7.96. The zero-order valence-electron chi connectivity index (χ0n) is 9.66. The fraction of sp³-hybridized carbons (Fsp3) is 0.889. The molecule has 100 valence electrons. The molecule has 1 aliphatic rings. The van der Waals surface area contributed by atoms with E-state index in [2.05, 4.69) is 47.8 Å². The summed E-state index contributed by atoms with van der Waals surface area (Å²) in [6.45, 7) is 2.04. The Morgan fingerprint density at radius 1 is 1.24 bits per heavy atom. The molecule has 2 amide bonds. The summed E-state index contributed by atoms with van der Waals surface area (Å²) < 4.78 is 9.38. The summed E-state index contributed by atoms with van der Waals surface area (Å²) in [5.41, 5.74) is 0. The summed E-state index contributed by atoms with van der Waals surface area (Å²) in [5.74, 6) is 0. The lowest BCUT2D eigenvalue weighted by atomic mass is 10.5. The maximum absolute atomic E-state index is 12.2. The molecule has 8 heteroatoms. The van der Waals surface area contributed by atoms with Gasteiger partial charge in [-0.1, -0.05) is 15.9 Å². The Labute approximate surface area is 126 Å². The molecule has 0 spiro atoms. The quantitative estimate of drug-likeness (QED) is 0.471. The highest BCUT2D eigenvalue weighted by molar-refractivity contribution is 9.26. The van der Waals surface area contributed by atoms with Crippen molar-refractivity contribution in [2.75, 3.05) is 40.5 Å². The molecule has 1 saturated heterocycles. The summed E-state index contributed by atoms with van der Waals surface area (Å²) in [7, 11) is 3.22. The lowest BCUT2D eigenvalue weighted by Gasteiger charge is -2.27. The average Bonchev–Trinajstić information content (AvgIpc) is 2.43. The van der Waals surface area contributed by atoms with Gasteiger partial charge in [0.2, 0.25) is 0 Å². The van der Waals surface area contributed by atoms with Gasteiger partial charge in [0.1, 0.15) is 4.95 Å². The molecule has 0 saturated carbocycles. The monoisotopic (exact) mass is 436 g/mol. The van der Waals surface area contributed by atoms with E-state index in [1.165, 1.54) is 0 Å². The van der Waals surface area contributed by atoms with E-state index in [-0.39, 0.29) is 11.0 Å². The number of ether oxygens (including phenoxy) is 2. The minimum atomic E-state index is -0.622. The minimum absolute atomic E-state index is 0.0604. The number of hydrogen-bond donors (Lipinski definition) is 0. The van der Waals surface area contributed by atoms with Crippen LogP contribution in [0.2, 0.25) is 0 Å². The summed E-state index contributed by atoms with van der Waals surface area (Å²) in [5, 5.41) is 0. The Balaban J connectivity index is 2.75. The van der Waals surface area contributed by atoms with Crippen LogP contribution in [0.4, 0.5) is 4.79 Å². The van der Waals surface area contributed by atoms with Crippen molar-refractivity contribution >= 4 is 53.8 Å². The fourth-order valence-electron chi connectivity index (χ4n) is 1.52. The van der Waals surface area contributed by atoms with Crippen LogP contribution in [-0.2, 0) is 9.47 Å². The lowest BCUT2D eigenvalue weighted by Crippen LogP contribution is -2.40. The summed E-state index contributed by atoms with van der Waals surface area (Å²) in [6.07, 6.45) is 0. The molecule has 5 nitrogen and oxygen atoms in total. The third kappa shape index (κ3) is 3.34. The van der Waals surface area contributed by atoms with Crippen molar-refractivity contribution in [2.24, 2.45) is 0 Å². The van der Waals surface area contributed by atoms with Crippen LogP contribution in [0.25, 0.3) is 0 Å². The molecular formula is C9H15Br3N2O3. The maximum atomic E-state index is 12.2. The van der Waals surface area contributed by atoms with E-state index in [4.69, 9.17) is 9.47 Å². The van der Waals surface area contributed by atoms with Crippen molar-refractivity contribution < 1.29 is 14.3 Å². The van der Waals surface area contributed by atoms with Crippen molar-refractivity contribution in [1.82, 2.24) is 9.80 Å². The molecule has 1 atom stereocenters. The van der Waals surface area contributed by atoms with Crippen LogP contribution in [0.15, 0.2) is 0 Å². The molecule has 17 heavy (non-hydrogen) atoms. The molecule has 0 N–H and O–H groups in total. The van der Waals surface area contributed by atoms with E-state index in [0.717, 1.165) is 0 Å². The second-order valence-corrected chi connectivity index (χ2v) is 7.89. The number of amides is 2. The highest BCUT2D eigenvalue weighted by Gasteiger charge is 2.53. The molecule has 0 radical (unpaired) electrons. The summed E-state index contributed by atoms with van der Waals surface area (Å²) >= 11 is 10.5. The fourth-order valence-corrected chi connectivity index (χ4v) is 3.30. The van der Waals surface area contributed by atoms with Gasteiger partial charge in [0, 0.05) is 27.3 Å². The lowest BCUT2D eigenvalue weighted by molar-refractivity contribution is 0.140. The van der Waals surface area contributed by atoms with Crippen molar-refractivity contribution in [2.45, 2.75) is 8.31 Å². The minimum Gasteiger partial charge on any atom is -0.383 e. The Morgan fingerprint density at radius 2 is 1.76 bits per heavy atom. The molecule has 1 rings (SSSR count). The van der Waals surface area contributed by atoms with Crippen molar-refractivity contribution in [3.8, 4) is 0 Å². The molecule has 1 heterocycles. The molecule has 1 unspecified atom stereocenters. The van der Waals surface area contributed by atoms with Crippen LogP contribution in [0.1, 0.15) is 0 Å². The largest absolute Gasteiger partial charge is 0.383 e. The van der Waals surface area contributed by atoms with Crippen LogP contribution >= 0.6 is 47.8 Å². The third-order valence-corrected chi connectivity index (χ3v) is 6.56. The van der Waals surface area contributed by atoms with Crippen LogP contribution in [0.3, 0.4) is 0 Å². The highest BCUT2D eigenvalue weighted by Crippen LogP contribution is 2.45. The Hall–Kier alpha value is 0.630. The first-order valence-electron chi connectivity index (χ1n) is 5.04. The van der Waals surface area contributed by atoms with Gasteiger partial charge in [-0.15, -0.1) is 0 Å². The third-order valence-electron chi connectivity index (χ3n) is 2.45. The Morgan fingerprint density at radius 3 is 2.29 bits per heavy atom. The second kappa shape index (κ2) is 6.70. The van der Waals surface area contributed by atoms with E-state index in [1.54, 1.807) is 24.0 Å². The molecule has 0 bridgehead atoms. The van der Waals surface area contributed by atoms with Gasteiger partial charge in [-0.25, -0.2) is 4.79 Å². The summed E-state index contributed by atoms with van der Waals surface area (Å²) in [4.78, 5) is 15.4. The topological polar surface area (TPSA) is 42.0 Å². The zero-order valence-corrected chi connectivity index (χ0v) is 14.4. The van der Waals surface area contributed by atoms with Gasteiger partial charge >= 0.3 is 6.03 Å². The summed E-state index contributed by atoms with van der Waals surface area (Å²) in [6, 6.07) is -0.0604. The number of carbonyl (C=O) groups excluding carboxylic acids is 1. The number of carbonyl (C=O) groups is 1. The maximum Gasteiger partial charge on any atom is 0.323 e. The first kappa shape index (κ1) is 15.7. The van der Waals surface area contributed by atoms with Crippen LogP contribution in [0, 0.1) is 0 Å². The smallest absolute Gasteiger partial charge is 0.323 e. The van der Waals surface area contributed by atoms with Gasteiger partial charge in [0.25, 0.3) is 0 Å².